The number of hydroxylamine groups is 1. The van der Waals surface area contributed by atoms with Gasteiger partial charge in [0.2, 0.25) is 5.76 Å². The highest BCUT2D eigenvalue weighted by Crippen LogP contribution is 2.33. The fourth-order valence-corrected chi connectivity index (χ4v) is 2.40. The predicted octanol–water partition coefficient (Wildman–Crippen LogP) is 3.06. The van der Waals surface area contributed by atoms with Gasteiger partial charge in [0, 0.05) is 12.4 Å². The van der Waals surface area contributed by atoms with Gasteiger partial charge in [0.15, 0.2) is 0 Å². The van der Waals surface area contributed by atoms with Crippen LogP contribution >= 0.6 is 0 Å². The van der Waals surface area contributed by atoms with E-state index in [2.05, 4.69) is 15.8 Å². The van der Waals surface area contributed by atoms with Crippen LogP contribution in [0, 0.1) is 12.7 Å². The number of hydrogen-bond donors (Lipinski definition) is 4. The number of nitrogens with zero attached hydrogens (tertiary/aromatic N) is 1. The van der Waals surface area contributed by atoms with E-state index < -0.39 is 31.0 Å². The van der Waals surface area contributed by atoms with Crippen molar-refractivity contribution in [3.63, 3.8) is 0 Å². The summed E-state index contributed by atoms with van der Waals surface area (Å²) >= 11 is 0. The van der Waals surface area contributed by atoms with E-state index in [1.54, 1.807) is 25.1 Å². The molecule has 2 aromatic heterocycles. The van der Waals surface area contributed by atoms with Gasteiger partial charge in [-0.05, 0) is 30.7 Å². The van der Waals surface area contributed by atoms with Crippen molar-refractivity contribution in [3.05, 3.63) is 53.8 Å². The molecule has 1 aromatic carbocycles. The summed E-state index contributed by atoms with van der Waals surface area (Å²) in [5.74, 6) is -1.42. The number of carbonyl (C=O) groups excluding carboxylic acids is 1. The van der Waals surface area contributed by atoms with Crippen molar-refractivity contribution in [1.29, 1.82) is 0 Å². The molecule has 9 heteroatoms. The van der Waals surface area contributed by atoms with Crippen LogP contribution in [0.4, 0.5) is 15.8 Å². The van der Waals surface area contributed by atoms with E-state index in [1.807, 2.05) is 13.8 Å². The van der Waals surface area contributed by atoms with Gasteiger partial charge in [-0.15, -0.1) is 0 Å². The molecule has 8 nitrogen and oxygen atoms in total. The molecule has 29 heavy (non-hydrogen) atoms. The quantitative estimate of drug-likeness (QED) is 0.446. The van der Waals surface area contributed by atoms with E-state index >= 15 is 0 Å². The number of benzene rings is 1. The molecule has 0 spiro atoms. The Balaban J connectivity index is 0.00000145. The van der Waals surface area contributed by atoms with E-state index in [0.29, 0.717) is 11.0 Å². The molecule has 2 heterocycles. The van der Waals surface area contributed by atoms with Crippen molar-refractivity contribution in [3.8, 4) is 0 Å². The topological polar surface area (TPSA) is 117 Å². The minimum atomic E-state index is -0.981. The van der Waals surface area contributed by atoms with Crippen LogP contribution < -0.4 is 10.8 Å². The van der Waals surface area contributed by atoms with Crippen LogP contribution in [0.25, 0.3) is 11.0 Å². The molecule has 156 valence electrons. The number of aliphatic hydroxyl groups excluding tert-OH is 2. The third-order valence-corrected chi connectivity index (χ3v) is 3.81. The third-order valence-electron chi connectivity index (χ3n) is 3.81. The molecule has 3 rings (SSSR count). The summed E-state index contributed by atoms with van der Waals surface area (Å²) in [6.45, 7) is 4.79. The maximum Gasteiger partial charge on any atom is 0.312 e. The number of aryl methyl sites for hydroxylation is 1. The Bertz CT molecular complexity index is 956. The monoisotopic (exact) mass is 405 g/mol. The zero-order chi connectivity index (χ0) is 21.4. The van der Waals surface area contributed by atoms with Gasteiger partial charge in [0.05, 0.1) is 24.3 Å². The van der Waals surface area contributed by atoms with Gasteiger partial charge in [0.1, 0.15) is 23.2 Å². The molecule has 0 aliphatic heterocycles. The Kier molecular flexibility index (Phi) is 8.08. The lowest BCUT2D eigenvalue weighted by molar-refractivity contribution is -0.0625. The summed E-state index contributed by atoms with van der Waals surface area (Å²) in [5, 5.41) is 21.3. The molecule has 4 N–H and O–H groups in total. The highest BCUT2D eigenvalue weighted by atomic mass is 19.1. The lowest BCUT2D eigenvalue weighted by Crippen LogP contribution is -2.33. The number of pyridine rings is 1. The summed E-state index contributed by atoms with van der Waals surface area (Å²) in [6, 6.07) is 6.19. The van der Waals surface area contributed by atoms with Crippen LogP contribution in [-0.4, -0.2) is 40.4 Å². The van der Waals surface area contributed by atoms with Gasteiger partial charge in [-0.2, -0.15) is 0 Å². The van der Waals surface area contributed by atoms with E-state index in [1.165, 1.54) is 18.5 Å². The van der Waals surface area contributed by atoms with Crippen LogP contribution in [0.15, 0.2) is 41.1 Å². The lowest BCUT2D eigenvalue weighted by atomic mass is 10.2. The molecular formula is C20H24FN3O5. The fraction of sp³-hybridized carbons (Fsp3) is 0.300. The molecule has 0 saturated carbocycles. The highest BCUT2D eigenvalue weighted by Gasteiger charge is 2.23. The second-order valence-corrected chi connectivity index (χ2v) is 5.82. The zero-order valence-corrected chi connectivity index (χ0v) is 16.4. The fourth-order valence-electron chi connectivity index (χ4n) is 2.40. The number of nitrogens with one attached hydrogen (secondary N) is 2. The first kappa shape index (κ1) is 22.3. The number of aliphatic hydroxyl groups is 2. The molecular weight excluding hydrogens is 381 g/mol. The van der Waals surface area contributed by atoms with Crippen molar-refractivity contribution < 1.29 is 28.7 Å². The van der Waals surface area contributed by atoms with Crippen LogP contribution in [-0.2, 0) is 4.84 Å². The molecule has 1 amide bonds. The smallest absolute Gasteiger partial charge is 0.312 e. The number of rotatable bonds is 7. The Labute approximate surface area is 167 Å². The van der Waals surface area contributed by atoms with E-state index in [4.69, 9.17) is 19.5 Å². The summed E-state index contributed by atoms with van der Waals surface area (Å²) in [4.78, 5) is 21.4. The van der Waals surface area contributed by atoms with Crippen molar-refractivity contribution in [2.24, 2.45) is 0 Å². The first-order valence-electron chi connectivity index (χ1n) is 9.11. The second-order valence-electron chi connectivity index (χ2n) is 5.82. The molecule has 0 atom stereocenters. The average Bonchev–Trinajstić information content (AvgIpc) is 3.11. The number of aromatic nitrogens is 1. The van der Waals surface area contributed by atoms with E-state index in [0.717, 1.165) is 5.56 Å². The molecule has 0 aliphatic carbocycles. The average molecular weight is 405 g/mol. The Morgan fingerprint density at radius 2 is 2.00 bits per heavy atom. The second kappa shape index (κ2) is 10.5. The van der Waals surface area contributed by atoms with E-state index in [-0.39, 0.29) is 17.1 Å². The third kappa shape index (κ3) is 5.29. The standard InChI is InChI=1S/C18H18FN3O5.C2H6/c1-10-2-3-14(13(19)6-10)21-16-12-7-20-5-4-15(12)26-17(16)18(25)22-27-11(8-23)9-24;1-2/h2-7,11,21,23-24H,8-9H2,1H3,(H,22,25);1-2H3. The van der Waals surface area contributed by atoms with Gasteiger partial charge in [0.25, 0.3) is 0 Å². The minimum absolute atomic E-state index is 0.158. The number of anilines is 2. The lowest BCUT2D eigenvalue weighted by Gasteiger charge is -2.13. The molecule has 0 radical (unpaired) electrons. The number of fused-ring (bicyclic) bond motifs is 1. The van der Waals surface area contributed by atoms with Crippen LogP contribution in [0.5, 0.6) is 0 Å². The van der Waals surface area contributed by atoms with Gasteiger partial charge >= 0.3 is 5.91 Å². The van der Waals surface area contributed by atoms with E-state index in [9.17, 15) is 9.18 Å². The Morgan fingerprint density at radius 3 is 2.66 bits per heavy atom. The Morgan fingerprint density at radius 1 is 1.28 bits per heavy atom. The molecule has 0 bridgehead atoms. The maximum absolute atomic E-state index is 14.2. The summed E-state index contributed by atoms with van der Waals surface area (Å²) in [6.07, 6.45) is 1.99. The molecule has 0 unspecified atom stereocenters. The first-order valence-corrected chi connectivity index (χ1v) is 9.11. The highest BCUT2D eigenvalue weighted by molar-refractivity contribution is 6.06. The largest absolute Gasteiger partial charge is 0.448 e. The maximum atomic E-state index is 14.2. The van der Waals surface area contributed by atoms with Crippen LogP contribution in [0.3, 0.4) is 0 Å². The summed E-state index contributed by atoms with van der Waals surface area (Å²) < 4.78 is 19.8. The Hall–Kier alpha value is -3.01. The van der Waals surface area contributed by atoms with Gasteiger partial charge in [-0.3, -0.25) is 14.6 Å². The van der Waals surface area contributed by atoms with Gasteiger partial charge in [-0.25, -0.2) is 9.87 Å². The van der Waals surface area contributed by atoms with Crippen LogP contribution in [0.2, 0.25) is 0 Å². The van der Waals surface area contributed by atoms with Crippen LogP contribution in [0.1, 0.15) is 30.0 Å². The molecule has 0 aliphatic rings. The van der Waals surface area contributed by atoms with Crippen molar-refractivity contribution in [2.45, 2.75) is 26.9 Å². The van der Waals surface area contributed by atoms with Gasteiger partial charge in [-0.1, -0.05) is 19.9 Å². The number of furan rings is 1. The predicted molar refractivity (Wildman–Crippen MR) is 106 cm³/mol. The number of carbonyl (C=O) groups is 1. The normalized spacial score (nSPS) is 10.6. The molecule has 3 aromatic rings. The summed E-state index contributed by atoms with van der Waals surface area (Å²) in [7, 11) is 0. The molecule has 0 saturated heterocycles. The zero-order valence-electron chi connectivity index (χ0n) is 16.4. The summed E-state index contributed by atoms with van der Waals surface area (Å²) in [5.41, 5.74) is 3.60. The van der Waals surface area contributed by atoms with Gasteiger partial charge < -0.3 is 19.9 Å². The SMILES string of the molecule is CC.Cc1ccc(Nc2c(C(=O)NOC(CO)CO)oc3ccncc23)c(F)c1. The van der Waals surface area contributed by atoms with Crippen molar-refractivity contribution >= 4 is 28.3 Å². The number of halogens is 1. The first-order chi connectivity index (χ1) is 14.0. The molecule has 0 fully saturated rings. The van der Waals surface area contributed by atoms with Crippen molar-refractivity contribution in [1.82, 2.24) is 10.5 Å². The minimum Gasteiger partial charge on any atom is -0.448 e. The van der Waals surface area contributed by atoms with Crippen molar-refractivity contribution in [2.75, 3.05) is 18.5 Å². The number of hydrogen-bond acceptors (Lipinski definition) is 7. The number of amides is 1.